The van der Waals surface area contributed by atoms with Crippen LogP contribution in [-0.2, 0) is 9.53 Å². The van der Waals surface area contributed by atoms with Crippen molar-refractivity contribution in [2.75, 3.05) is 39.2 Å². The summed E-state index contributed by atoms with van der Waals surface area (Å²) in [5.41, 5.74) is 8.42. The Kier molecular flexibility index (Phi) is 6.91. The van der Waals surface area contributed by atoms with Crippen molar-refractivity contribution in [3.05, 3.63) is 40.6 Å². The molecule has 10 heteroatoms. The van der Waals surface area contributed by atoms with E-state index in [4.69, 9.17) is 25.6 Å². The standard InChI is InChI=1S/C21H22N4O3S3/c1-29-21-15(10-17(31-21)19(22)23)20-24-16(12-30-20)13-3-2-4-14(9-13)28-11-18(26)25-5-7-27-8-6-25/h2-4,9-10,12H,5-8,11H2,1H3,(H3,22,23). The van der Waals surface area contributed by atoms with Gasteiger partial charge in [0.2, 0.25) is 0 Å². The third kappa shape index (κ3) is 5.09. The molecule has 0 radical (unpaired) electrons. The minimum absolute atomic E-state index is 0.00553. The Morgan fingerprint density at radius 3 is 2.90 bits per heavy atom. The van der Waals surface area contributed by atoms with Crippen molar-refractivity contribution in [2.45, 2.75) is 4.21 Å². The highest BCUT2D eigenvalue weighted by atomic mass is 32.2. The minimum Gasteiger partial charge on any atom is -0.484 e. The summed E-state index contributed by atoms with van der Waals surface area (Å²) in [6.07, 6.45) is 2.01. The third-order valence-corrected chi connectivity index (χ3v) is 7.92. The van der Waals surface area contributed by atoms with Gasteiger partial charge in [0.05, 0.1) is 28.0 Å². The Balaban J connectivity index is 1.48. The fraction of sp³-hybridized carbons (Fsp3) is 0.286. The van der Waals surface area contributed by atoms with Gasteiger partial charge in [0, 0.05) is 29.6 Å². The van der Waals surface area contributed by atoms with Crippen molar-refractivity contribution >= 4 is 46.2 Å². The number of hydrogen-bond acceptors (Lipinski definition) is 8. The number of thiazole rings is 1. The van der Waals surface area contributed by atoms with E-state index >= 15 is 0 Å². The number of carbonyl (C=O) groups is 1. The summed E-state index contributed by atoms with van der Waals surface area (Å²) in [6.45, 7) is 2.37. The average molecular weight is 475 g/mol. The molecule has 0 spiro atoms. The Labute approximate surface area is 192 Å². The second-order valence-electron chi connectivity index (χ2n) is 6.78. The maximum Gasteiger partial charge on any atom is 0.260 e. The fourth-order valence-corrected chi connectivity index (χ4v) is 5.84. The molecule has 0 unspecified atom stereocenters. The van der Waals surface area contributed by atoms with Gasteiger partial charge in [-0.15, -0.1) is 34.4 Å². The van der Waals surface area contributed by atoms with E-state index < -0.39 is 0 Å². The monoisotopic (exact) mass is 474 g/mol. The highest BCUT2D eigenvalue weighted by molar-refractivity contribution is 8.00. The lowest BCUT2D eigenvalue weighted by atomic mass is 10.1. The summed E-state index contributed by atoms with van der Waals surface area (Å²) in [7, 11) is 0. The molecule has 0 atom stereocenters. The SMILES string of the molecule is CSc1sc(C(=N)N)cc1-c1nc(-c2cccc(OCC(=O)N3CCOCC3)c2)cs1. The Morgan fingerprint density at radius 1 is 1.35 bits per heavy atom. The number of nitrogen functional groups attached to an aromatic ring is 1. The predicted octanol–water partition coefficient (Wildman–Crippen LogP) is 3.78. The average Bonchev–Trinajstić information content (AvgIpc) is 3.45. The summed E-state index contributed by atoms with van der Waals surface area (Å²) in [5.74, 6) is 0.667. The number of amides is 1. The maximum atomic E-state index is 12.3. The van der Waals surface area contributed by atoms with Gasteiger partial charge < -0.3 is 20.1 Å². The van der Waals surface area contributed by atoms with E-state index in [-0.39, 0.29) is 18.3 Å². The van der Waals surface area contributed by atoms with Crippen LogP contribution in [0, 0.1) is 5.41 Å². The second-order valence-corrected chi connectivity index (χ2v) is 9.76. The van der Waals surface area contributed by atoms with E-state index in [2.05, 4.69) is 0 Å². The number of carbonyl (C=O) groups excluding carboxylic acids is 1. The zero-order valence-corrected chi connectivity index (χ0v) is 19.4. The van der Waals surface area contributed by atoms with Crippen molar-refractivity contribution in [1.29, 1.82) is 5.41 Å². The molecule has 3 N–H and O–H groups in total. The molecule has 1 aliphatic heterocycles. The van der Waals surface area contributed by atoms with Crippen LogP contribution in [-0.4, -0.2) is 60.8 Å². The molecule has 2 aromatic heterocycles. The van der Waals surface area contributed by atoms with Gasteiger partial charge in [0.25, 0.3) is 5.91 Å². The fourth-order valence-electron chi connectivity index (χ4n) is 3.13. The molecule has 1 amide bonds. The van der Waals surface area contributed by atoms with E-state index in [1.54, 1.807) is 28.0 Å². The number of aromatic nitrogens is 1. The lowest BCUT2D eigenvalue weighted by Crippen LogP contribution is -2.42. The van der Waals surface area contributed by atoms with Gasteiger partial charge in [-0.1, -0.05) is 12.1 Å². The predicted molar refractivity (Wildman–Crippen MR) is 127 cm³/mol. The smallest absolute Gasteiger partial charge is 0.260 e. The van der Waals surface area contributed by atoms with Crippen LogP contribution in [0.3, 0.4) is 0 Å². The van der Waals surface area contributed by atoms with Gasteiger partial charge in [0.15, 0.2) is 6.61 Å². The first-order valence-electron chi connectivity index (χ1n) is 9.62. The van der Waals surface area contributed by atoms with Crippen LogP contribution in [0.1, 0.15) is 4.88 Å². The Hall–Kier alpha value is -2.40. The van der Waals surface area contributed by atoms with Crippen LogP contribution >= 0.6 is 34.4 Å². The molecule has 1 fully saturated rings. The lowest BCUT2D eigenvalue weighted by Gasteiger charge is -2.26. The molecule has 0 bridgehead atoms. The first kappa shape index (κ1) is 21.8. The number of ether oxygens (including phenoxy) is 2. The number of morpholine rings is 1. The number of thioether (sulfide) groups is 1. The number of thiophene rings is 1. The number of benzene rings is 1. The van der Waals surface area contributed by atoms with E-state index in [0.717, 1.165) is 30.9 Å². The first-order valence-corrected chi connectivity index (χ1v) is 12.5. The van der Waals surface area contributed by atoms with Crippen LogP contribution in [0.25, 0.3) is 21.8 Å². The number of nitrogens with zero attached hydrogens (tertiary/aromatic N) is 2. The van der Waals surface area contributed by atoms with E-state index in [1.165, 1.54) is 11.3 Å². The Bertz CT molecular complexity index is 1090. The van der Waals surface area contributed by atoms with Crippen LogP contribution in [0.2, 0.25) is 0 Å². The summed E-state index contributed by atoms with van der Waals surface area (Å²) in [5, 5.41) is 10.6. The molecule has 1 saturated heterocycles. The van der Waals surface area contributed by atoms with Crippen molar-refractivity contribution < 1.29 is 14.3 Å². The van der Waals surface area contributed by atoms with Crippen LogP contribution in [0.4, 0.5) is 0 Å². The molecule has 1 aromatic carbocycles. The molecule has 162 valence electrons. The second kappa shape index (κ2) is 9.82. The summed E-state index contributed by atoms with van der Waals surface area (Å²) in [6, 6.07) is 9.54. The number of rotatable bonds is 7. The number of nitrogens with two attached hydrogens (primary N) is 1. The maximum absolute atomic E-state index is 12.3. The third-order valence-electron chi connectivity index (χ3n) is 4.74. The zero-order chi connectivity index (χ0) is 21.8. The molecule has 3 aromatic rings. The number of hydrogen-bond donors (Lipinski definition) is 2. The molecular formula is C21H22N4O3S3. The summed E-state index contributed by atoms with van der Waals surface area (Å²) < 4.78 is 12.1. The minimum atomic E-state index is -0.0343. The van der Waals surface area contributed by atoms with Crippen LogP contribution in [0.15, 0.2) is 39.9 Å². The Morgan fingerprint density at radius 2 is 2.16 bits per heavy atom. The summed E-state index contributed by atoms with van der Waals surface area (Å²) >= 11 is 4.69. The van der Waals surface area contributed by atoms with Gasteiger partial charge in [-0.25, -0.2) is 4.98 Å². The molecular weight excluding hydrogens is 452 g/mol. The largest absolute Gasteiger partial charge is 0.484 e. The van der Waals surface area contributed by atoms with Crippen LogP contribution in [0.5, 0.6) is 5.75 Å². The molecule has 31 heavy (non-hydrogen) atoms. The molecule has 0 saturated carbocycles. The van der Waals surface area contributed by atoms with Crippen molar-refractivity contribution in [2.24, 2.45) is 5.73 Å². The molecule has 4 rings (SSSR count). The molecule has 3 heterocycles. The highest BCUT2D eigenvalue weighted by Gasteiger charge is 2.18. The van der Waals surface area contributed by atoms with Crippen LogP contribution < -0.4 is 10.5 Å². The quantitative estimate of drug-likeness (QED) is 0.307. The van der Waals surface area contributed by atoms with Gasteiger partial charge in [0.1, 0.15) is 16.6 Å². The van der Waals surface area contributed by atoms with E-state index in [1.807, 2.05) is 42.0 Å². The molecule has 1 aliphatic rings. The summed E-state index contributed by atoms with van der Waals surface area (Å²) in [4.78, 5) is 19.6. The van der Waals surface area contributed by atoms with Gasteiger partial charge >= 0.3 is 0 Å². The van der Waals surface area contributed by atoms with E-state index in [9.17, 15) is 4.79 Å². The van der Waals surface area contributed by atoms with Crippen molar-refractivity contribution in [1.82, 2.24) is 9.88 Å². The van der Waals surface area contributed by atoms with Gasteiger partial charge in [-0.3, -0.25) is 10.2 Å². The van der Waals surface area contributed by atoms with E-state index in [0.29, 0.717) is 32.1 Å². The lowest BCUT2D eigenvalue weighted by molar-refractivity contribution is -0.137. The molecule has 0 aliphatic carbocycles. The van der Waals surface area contributed by atoms with Crippen molar-refractivity contribution in [3.8, 4) is 27.6 Å². The molecule has 7 nitrogen and oxygen atoms in total. The van der Waals surface area contributed by atoms with Crippen molar-refractivity contribution in [3.63, 3.8) is 0 Å². The topological polar surface area (TPSA) is 102 Å². The zero-order valence-electron chi connectivity index (χ0n) is 16.9. The number of amidine groups is 1. The van der Waals surface area contributed by atoms with Gasteiger partial charge in [-0.2, -0.15) is 0 Å². The first-order chi connectivity index (χ1) is 15.0. The van der Waals surface area contributed by atoms with Gasteiger partial charge in [-0.05, 0) is 24.5 Å². The normalized spacial score (nSPS) is 13.9. The number of nitrogens with one attached hydrogen (secondary N) is 1. The highest BCUT2D eigenvalue weighted by Crippen LogP contribution is 2.40.